The van der Waals surface area contributed by atoms with Gasteiger partial charge in [-0.15, -0.1) is 11.3 Å². The Bertz CT molecular complexity index is 959. The van der Waals surface area contributed by atoms with E-state index < -0.39 is 5.54 Å². The highest BCUT2D eigenvalue weighted by Crippen LogP contribution is 2.23. The summed E-state index contributed by atoms with van der Waals surface area (Å²) in [6.07, 6.45) is 0. The maximum Gasteiger partial charge on any atom is 0.267 e. The number of nitrogens with one attached hydrogen (secondary N) is 1. The van der Waals surface area contributed by atoms with Crippen LogP contribution < -0.4 is 10.9 Å². The van der Waals surface area contributed by atoms with E-state index in [1.54, 1.807) is 19.9 Å². The second kappa shape index (κ2) is 6.64. The summed E-state index contributed by atoms with van der Waals surface area (Å²) in [6, 6.07) is 14.5. The van der Waals surface area contributed by atoms with Crippen LogP contribution in [0, 0.1) is 6.92 Å². The lowest BCUT2D eigenvalue weighted by Crippen LogP contribution is -2.47. The van der Waals surface area contributed by atoms with Crippen molar-refractivity contribution in [2.75, 3.05) is 5.32 Å². The van der Waals surface area contributed by atoms with E-state index in [2.05, 4.69) is 10.4 Å². The fourth-order valence-corrected chi connectivity index (χ4v) is 3.16. The fourth-order valence-electron chi connectivity index (χ4n) is 2.47. The van der Waals surface area contributed by atoms with Crippen molar-refractivity contribution in [2.24, 2.45) is 0 Å². The van der Waals surface area contributed by atoms with Crippen LogP contribution in [0.25, 0.3) is 10.6 Å². The Kier molecular flexibility index (Phi) is 4.55. The standard InChI is InChI=1S/C19H19N3O2S/c1-13-6-4-7-14(12-13)20-18(24)19(2,3)22-17(23)10-9-15(21-22)16-8-5-11-25-16/h4-12H,1-3H3,(H,20,24). The zero-order valence-electron chi connectivity index (χ0n) is 14.3. The minimum Gasteiger partial charge on any atom is -0.324 e. The maximum absolute atomic E-state index is 12.8. The summed E-state index contributed by atoms with van der Waals surface area (Å²) in [7, 11) is 0. The lowest BCUT2D eigenvalue weighted by atomic mass is 10.0. The van der Waals surface area contributed by atoms with Crippen molar-refractivity contribution >= 4 is 22.9 Å². The van der Waals surface area contributed by atoms with Gasteiger partial charge in [0.2, 0.25) is 0 Å². The van der Waals surface area contributed by atoms with Crippen LogP contribution in [0.3, 0.4) is 0 Å². The van der Waals surface area contributed by atoms with Gasteiger partial charge in [-0.25, -0.2) is 4.68 Å². The van der Waals surface area contributed by atoms with E-state index in [0.29, 0.717) is 11.4 Å². The van der Waals surface area contributed by atoms with Crippen molar-refractivity contribution in [3.63, 3.8) is 0 Å². The molecule has 5 nitrogen and oxygen atoms in total. The number of rotatable bonds is 4. The molecular weight excluding hydrogens is 334 g/mol. The van der Waals surface area contributed by atoms with Gasteiger partial charge in [-0.3, -0.25) is 9.59 Å². The molecule has 0 aliphatic rings. The van der Waals surface area contributed by atoms with Crippen molar-refractivity contribution in [2.45, 2.75) is 26.3 Å². The first-order chi connectivity index (χ1) is 11.9. The molecule has 6 heteroatoms. The van der Waals surface area contributed by atoms with Gasteiger partial charge in [0.1, 0.15) is 11.2 Å². The molecule has 0 aliphatic heterocycles. The lowest BCUT2D eigenvalue weighted by Gasteiger charge is -2.25. The van der Waals surface area contributed by atoms with Crippen LogP contribution in [0.5, 0.6) is 0 Å². The molecule has 0 saturated heterocycles. The Morgan fingerprint density at radius 2 is 1.96 bits per heavy atom. The summed E-state index contributed by atoms with van der Waals surface area (Å²) >= 11 is 1.54. The predicted molar refractivity (Wildman–Crippen MR) is 101 cm³/mol. The van der Waals surface area contributed by atoms with Crippen molar-refractivity contribution in [1.82, 2.24) is 9.78 Å². The summed E-state index contributed by atoms with van der Waals surface area (Å²) < 4.78 is 1.24. The zero-order chi connectivity index (χ0) is 18.0. The van der Waals surface area contributed by atoms with Crippen LogP contribution in [0.15, 0.2) is 58.7 Å². The van der Waals surface area contributed by atoms with Gasteiger partial charge in [-0.1, -0.05) is 18.2 Å². The Morgan fingerprint density at radius 3 is 2.64 bits per heavy atom. The van der Waals surface area contributed by atoms with E-state index in [4.69, 9.17) is 0 Å². The summed E-state index contributed by atoms with van der Waals surface area (Å²) in [4.78, 5) is 26.1. The number of carbonyl (C=O) groups is 1. The number of aryl methyl sites for hydroxylation is 1. The number of thiophene rings is 1. The quantitative estimate of drug-likeness (QED) is 0.778. The van der Waals surface area contributed by atoms with Crippen LogP contribution in [0.2, 0.25) is 0 Å². The Balaban J connectivity index is 1.94. The van der Waals surface area contributed by atoms with Crippen molar-refractivity contribution in [3.05, 3.63) is 69.8 Å². The normalized spacial score (nSPS) is 11.3. The molecule has 25 heavy (non-hydrogen) atoms. The third kappa shape index (κ3) is 3.53. The van der Waals surface area contributed by atoms with Crippen molar-refractivity contribution < 1.29 is 4.79 Å². The smallest absolute Gasteiger partial charge is 0.267 e. The van der Waals surface area contributed by atoms with Crippen LogP contribution >= 0.6 is 11.3 Å². The zero-order valence-corrected chi connectivity index (χ0v) is 15.1. The number of hydrogen-bond acceptors (Lipinski definition) is 4. The molecule has 1 amide bonds. The first kappa shape index (κ1) is 17.1. The van der Waals surface area contributed by atoms with Gasteiger partial charge >= 0.3 is 0 Å². The molecule has 1 aromatic carbocycles. The van der Waals surface area contributed by atoms with Crippen LogP contribution in [0.4, 0.5) is 5.69 Å². The molecule has 0 fully saturated rings. The fraction of sp³-hybridized carbons (Fsp3) is 0.211. The third-order valence-electron chi connectivity index (χ3n) is 3.94. The van der Waals surface area contributed by atoms with Gasteiger partial charge in [0.15, 0.2) is 0 Å². The monoisotopic (exact) mass is 353 g/mol. The molecule has 128 valence electrons. The van der Waals surface area contributed by atoms with E-state index in [0.717, 1.165) is 10.4 Å². The van der Waals surface area contributed by atoms with Gasteiger partial charge in [0, 0.05) is 11.8 Å². The SMILES string of the molecule is Cc1cccc(NC(=O)C(C)(C)n2nc(-c3cccs3)ccc2=O)c1. The van der Waals surface area contributed by atoms with E-state index >= 15 is 0 Å². The van der Waals surface area contributed by atoms with E-state index in [-0.39, 0.29) is 11.5 Å². The molecule has 0 radical (unpaired) electrons. The predicted octanol–water partition coefficient (Wildman–Crippen LogP) is 3.65. The molecule has 0 aliphatic carbocycles. The number of benzene rings is 1. The van der Waals surface area contributed by atoms with Gasteiger partial charge in [-0.2, -0.15) is 5.10 Å². The number of aromatic nitrogens is 2. The number of carbonyl (C=O) groups excluding carboxylic acids is 1. The van der Waals surface area contributed by atoms with Gasteiger partial charge in [-0.05, 0) is 56.0 Å². The molecule has 0 unspecified atom stereocenters. The van der Waals surface area contributed by atoms with Crippen LogP contribution in [-0.4, -0.2) is 15.7 Å². The third-order valence-corrected chi connectivity index (χ3v) is 4.83. The largest absolute Gasteiger partial charge is 0.324 e. The lowest BCUT2D eigenvalue weighted by molar-refractivity contribution is -0.123. The molecule has 3 aromatic rings. The maximum atomic E-state index is 12.8. The Labute approximate surface area is 150 Å². The summed E-state index contributed by atoms with van der Waals surface area (Å²) in [5, 5.41) is 9.23. The summed E-state index contributed by atoms with van der Waals surface area (Å²) in [5.74, 6) is -0.295. The van der Waals surface area contributed by atoms with Crippen molar-refractivity contribution in [3.8, 4) is 10.6 Å². The molecule has 0 saturated carbocycles. The Hall–Kier alpha value is -2.73. The highest BCUT2D eigenvalue weighted by atomic mass is 32.1. The van der Waals surface area contributed by atoms with Gasteiger partial charge < -0.3 is 5.32 Å². The van der Waals surface area contributed by atoms with E-state index in [1.807, 2.05) is 48.7 Å². The first-order valence-electron chi connectivity index (χ1n) is 7.91. The van der Waals surface area contributed by atoms with E-state index in [1.165, 1.54) is 22.1 Å². The second-order valence-electron chi connectivity index (χ2n) is 6.33. The minimum atomic E-state index is -1.13. The molecule has 0 bridgehead atoms. The molecule has 2 heterocycles. The number of nitrogens with zero attached hydrogens (tertiary/aromatic N) is 2. The minimum absolute atomic E-state index is 0.295. The Morgan fingerprint density at radius 1 is 1.16 bits per heavy atom. The molecule has 1 N–H and O–H groups in total. The number of amides is 1. The average molecular weight is 353 g/mol. The molecular formula is C19H19N3O2S. The van der Waals surface area contributed by atoms with E-state index in [9.17, 15) is 9.59 Å². The van der Waals surface area contributed by atoms with Crippen LogP contribution in [-0.2, 0) is 10.3 Å². The highest BCUT2D eigenvalue weighted by molar-refractivity contribution is 7.13. The van der Waals surface area contributed by atoms with Gasteiger partial charge in [0.25, 0.3) is 11.5 Å². The summed E-state index contributed by atoms with van der Waals surface area (Å²) in [6.45, 7) is 5.33. The van der Waals surface area contributed by atoms with Crippen LogP contribution in [0.1, 0.15) is 19.4 Å². The topological polar surface area (TPSA) is 64.0 Å². The second-order valence-corrected chi connectivity index (χ2v) is 7.28. The van der Waals surface area contributed by atoms with Crippen molar-refractivity contribution in [1.29, 1.82) is 0 Å². The first-order valence-corrected chi connectivity index (χ1v) is 8.79. The van der Waals surface area contributed by atoms with Gasteiger partial charge in [0.05, 0.1) is 4.88 Å². The summed E-state index contributed by atoms with van der Waals surface area (Å²) in [5.41, 5.74) is 0.968. The average Bonchev–Trinajstić information content (AvgIpc) is 3.09. The highest BCUT2D eigenvalue weighted by Gasteiger charge is 2.32. The number of hydrogen-bond donors (Lipinski definition) is 1. The molecule has 2 aromatic heterocycles. The molecule has 0 atom stereocenters. The molecule has 3 rings (SSSR count). The number of anilines is 1. The molecule has 0 spiro atoms.